The molecule has 1 N–H and O–H groups in total. The molecule has 0 aliphatic rings. The molecule has 6 heteroatoms. The number of anilines is 1. The summed E-state index contributed by atoms with van der Waals surface area (Å²) in [7, 11) is -3.38. The van der Waals surface area contributed by atoms with E-state index in [-0.39, 0.29) is 17.9 Å². The van der Waals surface area contributed by atoms with Crippen LogP contribution in [0.2, 0.25) is 0 Å². The number of hydrogen-bond donors (Lipinski definition) is 1. The number of aryl methyl sites for hydroxylation is 1. The molecule has 0 unspecified atom stereocenters. The third-order valence-corrected chi connectivity index (χ3v) is 4.85. The molecule has 4 nitrogen and oxygen atoms in total. The minimum absolute atomic E-state index is 0.0967. The molecule has 0 radical (unpaired) electrons. The highest BCUT2D eigenvalue weighted by Crippen LogP contribution is 2.11. The lowest BCUT2D eigenvalue weighted by Gasteiger charge is -2.07. The number of rotatable bonds is 6. The van der Waals surface area contributed by atoms with Gasteiger partial charge in [-0.25, -0.2) is 12.8 Å². The fourth-order valence-corrected chi connectivity index (χ4v) is 3.39. The Balaban J connectivity index is 1.88. The molecule has 0 saturated heterocycles. The molecule has 0 fully saturated rings. The standard InChI is InChI=1S/C17H18FNO3S/c1-13-5-7-14(8-6-13)12-23(21,22)10-9-17(20)19-16-4-2-3-15(18)11-16/h2-8,11H,9-10,12H2,1H3,(H,19,20). The van der Waals surface area contributed by atoms with E-state index in [1.165, 1.54) is 18.2 Å². The van der Waals surface area contributed by atoms with E-state index in [1.54, 1.807) is 18.2 Å². The first-order valence-electron chi connectivity index (χ1n) is 7.15. The number of carbonyl (C=O) groups excluding carboxylic acids is 1. The fourth-order valence-electron chi connectivity index (χ4n) is 2.05. The van der Waals surface area contributed by atoms with Gasteiger partial charge in [0.2, 0.25) is 5.91 Å². The summed E-state index contributed by atoms with van der Waals surface area (Å²) in [5, 5.41) is 2.48. The van der Waals surface area contributed by atoms with Crippen molar-refractivity contribution in [3.63, 3.8) is 0 Å². The fraction of sp³-hybridized carbons (Fsp3) is 0.235. The SMILES string of the molecule is Cc1ccc(CS(=O)(=O)CCC(=O)Nc2cccc(F)c2)cc1. The Kier molecular flexibility index (Phi) is 5.50. The minimum atomic E-state index is -3.38. The Bertz CT molecular complexity index is 786. The normalized spacial score (nSPS) is 11.2. The molecule has 2 aromatic rings. The number of hydrogen-bond acceptors (Lipinski definition) is 3. The number of carbonyl (C=O) groups is 1. The monoisotopic (exact) mass is 335 g/mol. The maximum Gasteiger partial charge on any atom is 0.225 e. The van der Waals surface area contributed by atoms with Crippen molar-refractivity contribution in [3.05, 3.63) is 65.5 Å². The van der Waals surface area contributed by atoms with Crippen molar-refractivity contribution in [1.29, 1.82) is 0 Å². The summed E-state index contributed by atoms with van der Waals surface area (Å²) in [6, 6.07) is 12.7. The maximum atomic E-state index is 13.0. The summed E-state index contributed by atoms with van der Waals surface area (Å²) in [4.78, 5) is 11.8. The smallest absolute Gasteiger partial charge is 0.225 e. The quantitative estimate of drug-likeness (QED) is 0.882. The van der Waals surface area contributed by atoms with Gasteiger partial charge in [0.05, 0.1) is 11.5 Å². The van der Waals surface area contributed by atoms with Crippen LogP contribution in [0.5, 0.6) is 0 Å². The Labute approximate surface area is 135 Å². The second-order valence-electron chi connectivity index (χ2n) is 5.39. The van der Waals surface area contributed by atoms with Crippen molar-refractivity contribution in [2.75, 3.05) is 11.1 Å². The van der Waals surface area contributed by atoms with Crippen LogP contribution in [0.1, 0.15) is 17.5 Å². The molecule has 0 bridgehead atoms. The molecule has 0 atom stereocenters. The zero-order valence-corrected chi connectivity index (χ0v) is 13.6. The topological polar surface area (TPSA) is 63.2 Å². The molecule has 0 aliphatic carbocycles. The average Bonchev–Trinajstić information content (AvgIpc) is 2.48. The highest BCUT2D eigenvalue weighted by atomic mass is 32.2. The van der Waals surface area contributed by atoms with Crippen LogP contribution >= 0.6 is 0 Å². The summed E-state index contributed by atoms with van der Waals surface area (Å²) >= 11 is 0. The Morgan fingerprint density at radius 2 is 1.83 bits per heavy atom. The van der Waals surface area contributed by atoms with Gasteiger partial charge in [-0.2, -0.15) is 0 Å². The molecule has 0 aromatic heterocycles. The van der Waals surface area contributed by atoms with E-state index in [9.17, 15) is 17.6 Å². The van der Waals surface area contributed by atoms with Crippen LogP contribution in [0.15, 0.2) is 48.5 Å². The van der Waals surface area contributed by atoms with Crippen LogP contribution < -0.4 is 5.32 Å². The van der Waals surface area contributed by atoms with Gasteiger partial charge >= 0.3 is 0 Å². The van der Waals surface area contributed by atoms with E-state index in [2.05, 4.69) is 5.32 Å². The van der Waals surface area contributed by atoms with Gasteiger partial charge in [-0.1, -0.05) is 35.9 Å². The molecule has 23 heavy (non-hydrogen) atoms. The van der Waals surface area contributed by atoms with E-state index in [4.69, 9.17) is 0 Å². The average molecular weight is 335 g/mol. The zero-order chi connectivity index (χ0) is 16.9. The third kappa shape index (κ3) is 5.83. The number of nitrogens with one attached hydrogen (secondary N) is 1. The Hall–Kier alpha value is -2.21. The van der Waals surface area contributed by atoms with E-state index in [0.29, 0.717) is 11.3 Å². The van der Waals surface area contributed by atoms with Crippen molar-refractivity contribution in [1.82, 2.24) is 0 Å². The molecule has 2 aromatic carbocycles. The van der Waals surface area contributed by atoms with Gasteiger partial charge in [0, 0.05) is 12.1 Å². The Morgan fingerprint density at radius 3 is 2.48 bits per heavy atom. The predicted molar refractivity (Wildman–Crippen MR) is 88.3 cm³/mol. The van der Waals surface area contributed by atoms with Crippen LogP contribution in [0.3, 0.4) is 0 Å². The van der Waals surface area contributed by atoms with Gasteiger partial charge in [-0.3, -0.25) is 4.79 Å². The molecular formula is C17H18FNO3S. The maximum absolute atomic E-state index is 13.0. The van der Waals surface area contributed by atoms with Crippen LogP contribution in [0, 0.1) is 12.7 Å². The molecule has 0 aliphatic heterocycles. The molecule has 2 rings (SSSR count). The Morgan fingerprint density at radius 1 is 1.13 bits per heavy atom. The lowest BCUT2D eigenvalue weighted by molar-refractivity contribution is -0.115. The van der Waals surface area contributed by atoms with E-state index in [0.717, 1.165) is 5.56 Å². The van der Waals surface area contributed by atoms with E-state index in [1.807, 2.05) is 19.1 Å². The lowest BCUT2D eigenvalue weighted by Crippen LogP contribution is -2.18. The van der Waals surface area contributed by atoms with Crippen molar-refractivity contribution >= 4 is 21.4 Å². The first-order chi connectivity index (χ1) is 10.8. The van der Waals surface area contributed by atoms with Gasteiger partial charge in [0.15, 0.2) is 9.84 Å². The highest BCUT2D eigenvalue weighted by molar-refractivity contribution is 7.90. The van der Waals surface area contributed by atoms with E-state index >= 15 is 0 Å². The summed E-state index contributed by atoms with van der Waals surface area (Å²) in [5.74, 6) is -1.26. The van der Waals surface area contributed by atoms with Gasteiger partial charge in [0.25, 0.3) is 0 Å². The number of sulfone groups is 1. The zero-order valence-electron chi connectivity index (χ0n) is 12.8. The molecule has 0 spiro atoms. The summed E-state index contributed by atoms with van der Waals surface area (Å²) in [6.07, 6.45) is -0.162. The number of amides is 1. The molecular weight excluding hydrogens is 317 g/mol. The van der Waals surface area contributed by atoms with Crippen LogP contribution in [0.4, 0.5) is 10.1 Å². The molecule has 0 saturated carbocycles. The summed E-state index contributed by atoms with van der Waals surface area (Å²) in [5.41, 5.74) is 2.06. The first-order valence-corrected chi connectivity index (χ1v) is 8.97. The van der Waals surface area contributed by atoms with Crippen molar-refractivity contribution in [2.24, 2.45) is 0 Å². The second-order valence-corrected chi connectivity index (χ2v) is 7.57. The first kappa shape index (κ1) is 17.1. The van der Waals surface area contributed by atoms with Gasteiger partial charge < -0.3 is 5.32 Å². The summed E-state index contributed by atoms with van der Waals surface area (Å²) in [6.45, 7) is 1.93. The van der Waals surface area contributed by atoms with Gasteiger partial charge in [-0.15, -0.1) is 0 Å². The van der Waals surface area contributed by atoms with Crippen LogP contribution in [-0.4, -0.2) is 20.1 Å². The molecule has 122 valence electrons. The lowest BCUT2D eigenvalue weighted by atomic mass is 10.2. The minimum Gasteiger partial charge on any atom is -0.326 e. The van der Waals surface area contributed by atoms with Crippen molar-refractivity contribution in [2.45, 2.75) is 19.1 Å². The number of halogens is 1. The van der Waals surface area contributed by atoms with Crippen molar-refractivity contribution in [3.8, 4) is 0 Å². The predicted octanol–water partition coefficient (Wildman–Crippen LogP) is 3.08. The highest BCUT2D eigenvalue weighted by Gasteiger charge is 2.15. The number of benzene rings is 2. The van der Waals surface area contributed by atoms with Crippen LogP contribution in [-0.2, 0) is 20.4 Å². The van der Waals surface area contributed by atoms with E-state index < -0.39 is 21.6 Å². The second kappa shape index (κ2) is 7.37. The van der Waals surface area contributed by atoms with Gasteiger partial charge in [-0.05, 0) is 30.7 Å². The third-order valence-electron chi connectivity index (χ3n) is 3.26. The largest absolute Gasteiger partial charge is 0.326 e. The molecule has 0 heterocycles. The summed E-state index contributed by atoms with van der Waals surface area (Å²) < 4.78 is 37.1. The molecule has 1 amide bonds. The van der Waals surface area contributed by atoms with Gasteiger partial charge in [0.1, 0.15) is 5.82 Å². The van der Waals surface area contributed by atoms with Crippen LogP contribution in [0.25, 0.3) is 0 Å². The van der Waals surface area contributed by atoms with Crippen molar-refractivity contribution < 1.29 is 17.6 Å².